The number of hydrogen-bond acceptors (Lipinski definition) is 3. The smallest absolute Gasteiger partial charge is 0.489 e. The van der Waals surface area contributed by atoms with Crippen LogP contribution in [0.5, 0.6) is 11.5 Å². The summed E-state index contributed by atoms with van der Waals surface area (Å²) in [7, 11) is 0. The van der Waals surface area contributed by atoms with Crippen molar-refractivity contribution in [3.05, 3.63) is 23.8 Å². The number of piperidine rings is 1. The van der Waals surface area contributed by atoms with Crippen LogP contribution in [-0.4, -0.2) is 26.1 Å². The van der Waals surface area contributed by atoms with Crippen molar-refractivity contribution in [1.82, 2.24) is 5.32 Å². The number of benzene rings is 1. The van der Waals surface area contributed by atoms with Crippen molar-refractivity contribution >= 4 is 0 Å². The van der Waals surface area contributed by atoms with Crippen molar-refractivity contribution in [3.63, 3.8) is 0 Å². The summed E-state index contributed by atoms with van der Waals surface area (Å²) in [6.45, 7) is 2.33. The third kappa shape index (κ3) is 4.53. The first-order valence-corrected chi connectivity index (χ1v) is 8.24. The zero-order valence-electron chi connectivity index (χ0n) is 13.0. The molecule has 2 aliphatic rings. The van der Waals surface area contributed by atoms with Crippen LogP contribution in [0.1, 0.15) is 43.6 Å². The summed E-state index contributed by atoms with van der Waals surface area (Å²) in [4.78, 5) is 0. The Bertz CT molecular complexity index is 523. The molecule has 0 atom stereocenters. The number of rotatable bonds is 5. The Balaban J connectivity index is 1.76. The molecule has 2 fully saturated rings. The van der Waals surface area contributed by atoms with E-state index in [0.717, 1.165) is 44.3 Å². The van der Waals surface area contributed by atoms with Crippen molar-refractivity contribution < 1.29 is 22.6 Å². The van der Waals surface area contributed by atoms with Crippen LogP contribution < -0.4 is 14.8 Å². The quantitative estimate of drug-likeness (QED) is 0.877. The molecular formula is C17H22F3NO2. The van der Waals surface area contributed by atoms with E-state index in [2.05, 4.69) is 10.1 Å². The molecule has 1 saturated carbocycles. The minimum Gasteiger partial charge on any atom is -0.489 e. The fourth-order valence-corrected chi connectivity index (χ4v) is 3.12. The highest BCUT2D eigenvalue weighted by Crippen LogP contribution is 2.37. The summed E-state index contributed by atoms with van der Waals surface area (Å²) in [5.41, 5.74) is 1.03. The van der Waals surface area contributed by atoms with Gasteiger partial charge in [-0.15, -0.1) is 13.2 Å². The predicted molar refractivity (Wildman–Crippen MR) is 80.8 cm³/mol. The van der Waals surface area contributed by atoms with Gasteiger partial charge in [0.2, 0.25) is 0 Å². The summed E-state index contributed by atoms with van der Waals surface area (Å²) in [6.07, 6.45) is 0.621. The van der Waals surface area contributed by atoms with Crippen molar-refractivity contribution in [2.75, 3.05) is 19.7 Å². The van der Waals surface area contributed by atoms with Crippen LogP contribution in [0.4, 0.5) is 13.2 Å². The third-order valence-electron chi connectivity index (χ3n) is 4.70. The first kappa shape index (κ1) is 16.4. The van der Waals surface area contributed by atoms with Gasteiger partial charge in [-0.3, -0.25) is 0 Å². The van der Waals surface area contributed by atoms with Crippen molar-refractivity contribution in [3.8, 4) is 11.5 Å². The Morgan fingerprint density at radius 3 is 2.39 bits per heavy atom. The van der Waals surface area contributed by atoms with E-state index < -0.39 is 6.36 Å². The lowest BCUT2D eigenvalue weighted by atomic mass is 9.86. The highest BCUT2D eigenvalue weighted by molar-refractivity contribution is 5.44. The van der Waals surface area contributed by atoms with Gasteiger partial charge in [-0.1, -0.05) is 12.5 Å². The van der Waals surface area contributed by atoms with E-state index in [0.29, 0.717) is 18.4 Å². The molecule has 0 radical (unpaired) electrons. The molecule has 1 aliphatic heterocycles. The lowest BCUT2D eigenvalue weighted by Crippen LogP contribution is -2.26. The van der Waals surface area contributed by atoms with Gasteiger partial charge in [-0.25, -0.2) is 0 Å². The zero-order chi connectivity index (χ0) is 16.3. The van der Waals surface area contributed by atoms with Crippen LogP contribution in [0, 0.1) is 5.92 Å². The molecule has 23 heavy (non-hydrogen) atoms. The minimum absolute atomic E-state index is 0.213. The van der Waals surface area contributed by atoms with E-state index >= 15 is 0 Å². The molecule has 0 amide bonds. The number of alkyl halides is 3. The van der Waals surface area contributed by atoms with E-state index in [1.54, 1.807) is 12.1 Å². The first-order valence-electron chi connectivity index (χ1n) is 8.24. The van der Waals surface area contributed by atoms with Crippen molar-refractivity contribution in [2.45, 2.75) is 44.4 Å². The number of ether oxygens (including phenoxy) is 2. The Kier molecular flexibility index (Phi) is 4.99. The van der Waals surface area contributed by atoms with Crippen LogP contribution >= 0.6 is 0 Å². The standard InChI is InChI=1S/C17H22F3NO2/c18-17(19,20)23-15-5-4-14(13-6-8-21-9-7-13)10-16(15)22-11-12-2-1-3-12/h4-5,10,12-13,21H,1-3,6-9,11H2. The minimum atomic E-state index is -4.70. The number of halogens is 3. The van der Waals surface area contributed by atoms with Gasteiger partial charge in [0.25, 0.3) is 0 Å². The summed E-state index contributed by atoms with van der Waals surface area (Å²) in [5.74, 6) is 0.790. The summed E-state index contributed by atoms with van der Waals surface area (Å²) in [6, 6.07) is 4.85. The fraction of sp³-hybridized carbons (Fsp3) is 0.647. The normalized spacial score (nSPS) is 20.1. The molecule has 3 nitrogen and oxygen atoms in total. The molecule has 1 aromatic carbocycles. The second kappa shape index (κ2) is 6.99. The van der Waals surface area contributed by atoms with Crippen molar-refractivity contribution in [2.24, 2.45) is 5.92 Å². The maximum absolute atomic E-state index is 12.6. The maximum Gasteiger partial charge on any atom is 0.573 e. The van der Waals surface area contributed by atoms with Crippen LogP contribution in [-0.2, 0) is 0 Å². The van der Waals surface area contributed by atoms with Gasteiger partial charge in [-0.05, 0) is 68.3 Å². The van der Waals surface area contributed by atoms with Gasteiger partial charge in [0, 0.05) is 0 Å². The van der Waals surface area contributed by atoms with E-state index in [9.17, 15) is 13.2 Å². The van der Waals surface area contributed by atoms with E-state index in [1.165, 1.54) is 12.5 Å². The molecule has 6 heteroatoms. The molecule has 1 N–H and O–H groups in total. The Hall–Kier alpha value is -1.43. The molecule has 0 spiro atoms. The highest BCUT2D eigenvalue weighted by atomic mass is 19.4. The Morgan fingerprint density at radius 1 is 1.04 bits per heavy atom. The molecule has 0 bridgehead atoms. The van der Waals surface area contributed by atoms with E-state index in [1.807, 2.05) is 0 Å². The summed E-state index contributed by atoms with van der Waals surface area (Å²) in [5, 5.41) is 3.29. The van der Waals surface area contributed by atoms with Crippen molar-refractivity contribution in [1.29, 1.82) is 0 Å². The topological polar surface area (TPSA) is 30.5 Å². The van der Waals surface area contributed by atoms with Gasteiger partial charge in [0.1, 0.15) is 0 Å². The van der Waals surface area contributed by atoms with Crippen LogP contribution in [0.2, 0.25) is 0 Å². The fourth-order valence-electron chi connectivity index (χ4n) is 3.12. The van der Waals surface area contributed by atoms with Gasteiger partial charge in [-0.2, -0.15) is 0 Å². The average molecular weight is 329 g/mol. The van der Waals surface area contributed by atoms with E-state index in [4.69, 9.17) is 4.74 Å². The monoisotopic (exact) mass is 329 g/mol. The van der Waals surface area contributed by atoms with Gasteiger partial charge in [0.05, 0.1) is 6.61 Å². The van der Waals surface area contributed by atoms with E-state index in [-0.39, 0.29) is 11.5 Å². The largest absolute Gasteiger partial charge is 0.573 e. The summed E-state index contributed by atoms with van der Waals surface area (Å²) >= 11 is 0. The average Bonchev–Trinajstić information content (AvgIpc) is 2.46. The summed E-state index contributed by atoms with van der Waals surface area (Å²) < 4.78 is 47.5. The lowest BCUT2D eigenvalue weighted by molar-refractivity contribution is -0.275. The number of hydrogen-bond donors (Lipinski definition) is 1. The second-order valence-corrected chi connectivity index (χ2v) is 6.39. The first-order chi connectivity index (χ1) is 11.0. The van der Waals surface area contributed by atoms with Crippen LogP contribution in [0.25, 0.3) is 0 Å². The predicted octanol–water partition coefficient (Wildman–Crippen LogP) is 4.23. The van der Waals surface area contributed by atoms with Gasteiger partial charge < -0.3 is 14.8 Å². The second-order valence-electron chi connectivity index (χ2n) is 6.39. The molecule has 3 rings (SSSR count). The van der Waals surface area contributed by atoms with Gasteiger partial charge in [0.15, 0.2) is 11.5 Å². The molecule has 0 unspecified atom stereocenters. The molecule has 1 aromatic rings. The maximum atomic E-state index is 12.6. The number of nitrogens with one attached hydrogen (secondary N) is 1. The van der Waals surface area contributed by atoms with Gasteiger partial charge >= 0.3 is 6.36 Å². The highest BCUT2D eigenvalue weighted by Gasteiger charge is 2.33. The Morgan fingerprint density at radius 2 is 1.78 bits per heavy atom. The zero-order valence-corrected chi connectivity index (χ0v) is 13.0. The molecule has 128 valence electrons. The molecular weight excluding hydrogens is 307 g/mol. The van der Waals surface area contributed by atoms with Crippen LogP contribution in [0.3, 0.4) is 0 Å². The molecule has 1 saturated heterocycles. The third-order valence-corrected chi connectivity index (χ3v) is 4.70. The lowest BCUT2D eigenvalue weighted by Gasteiger charge is -2.27. The molecule has 1 aliphatic carbocycles. The molecule has 1 heterocycles. The Labute approximate surface area is 134 Å². The SMILES string of the molecule is FC(F)(F)Oc1ccc(C2CCNCC2)cc1OCC1CCC1. The molecule has 0 aromatic heterocycles. The van der Waals surface area contributed by atoms with Crippen LogP contribution in [0.15, 0.2) is 18.2 Å².